The molecule has 0 aromatic carbocycles. The molecule has 1 heterocycles. The average molecular weight is 402 g/mol. The quantitative estimate of drug-likeness (QED) is 0.379. The lowest BCUT2D eigenvalue weighted by Gasteiger charge is -2.58. The fourth-order valence-electron chi connectivity index (χ4n) is 2.88. The van der Waals surface area contributed by atoms with Crippen molar-refractivity contribution in [2.45, 2.75) is 104 Å². The van der Waals surface area contributed by atoms with Crippen LogP contribution in [0.4, 0.5) is 0 Å². The van der Waals surface area contributed by atoms with Gasteiger partial charge in [-0.3, -0.25) is 9.59 Å². The summed E-state index contributed by atoms with van der Waals surface area (Å²) in [6.45, 7) is 25.0. The Balaban J connectivity index is 3.13. The number of nitrogens with zero attached hydrogens (tertiary/aromatic N) is 1. The Morgan fingerprint density at radius 3 is 1.85 bits per heavy atom. The van der Waals surface area contributed by atoms with E-state index in [2.05, 4.69) is 67.7 Å². The van der Waals surface area contributed by atoms with Gasteiger partial charge in [0.25, 0.3) is 0 Å². The molecule has 1 saturated heterocycles. The van der Waals surface area contributed by atoms with Crippen molar-refractivity contribution in [1.82, 2.24) is 4.57 Å². The molecule has 152 valence electrons. The van der Waals surface area contributed by atoms with Crippen molar-refractivity contribution in [1.29, 1.82) is 0 Å². The van der Waals surface area contributed by atoms with Crippen LogP contribution in [0.5, 0.6) is 0 Å². The Hall–Kier alpha value is -0.666. The summed E-state index contributed by atoms with van der Waals surface area (Å²) in [5.41, 5.74) is 0. The van der Waals surface area contributed by atoms with Crippen LogP contribution in [0, 0.1) is 5.92 Å². The number of β-lactam (4-membered cyclic amide) rings is 1. The molecule has 0 aliphatic carbocycles. The molecule has 0 aromatic heterocycles. The third-order valence-electron chi connectivity index (χ3n) is 6.60. The summed E-state index contributed by atoms with van der Waals surface area (Å²) in [6.07, 6.45) is -0.783. The summed E-state index contributed by atoms with van der Waals surface area (Å²) in [7, 11) is -4.15. The van der Waals surface area contributed by atoms with Gasteiger partial charge in [0.2, 0.25) is 5.91 Å². The predicted molar refractivity (Wildman–Crippen MR) is 111 cm³/mol. The van der Waals surface area contributed by atoms with Gasteiger partial charge in [0, 0.05) is 6.92 Å². The molecule has 0 saturated carbocycles. The highest BCUT2D eigenvalue weighted by Gasteiger charge is 2.61. The van der Waals surface area contributed by atoms with Crippen molar-refractivity contribution in [2.24, 2.45) is 5.92 Å². The Kier molecular flexibility index (Phi) is 6.34. The lowest BCUT2D eigenvalue weighted by Crippen LogP contribution is -2.75. The molecule has 1 fully saturated rings. The number of ether oxygens (including phenoxy) is 1. The summed E-state index contributed by atoms with van der Waals surface area (Å²) in [5, 5.41) is 0.0413. The van der Waals surface area contributed by atoms with E-state index >= 15 is 0 Å². The van der Waals surface area contributed by atoms with Crippen LogP contribution in [-0.4, -0.2) is 45.3 Å². The smallest absolute Gasteiger partial charge is 0.304 e. The number of hydrogen-bond acceptors (Lipinski definition) is 4. The number of carbonyl (C=O) groups is 2. The molecule has 1 aliphatic heterocycles. The lowest BCUT2D eigenvalue weighted by atomic mass is 9.93. The van der Waals surface area contributed by atoms with Gasteiger partial charge >= 0.3 is 5.97 Å². The van der Waals surface area contributed by atoms with Gasteiger partial charge in [-0.05, 0) is 30.1 Å². The number of hydrogen-bond donors (Lipinski definition) is 0. The summed E-state index contributed by atoms with van der Waals surface area (Å²) >= 11 is 0. The molecule has 5 nitrogen and oxygen atoms in total. The normalized spacial score (nSPS) is 23.5. The highest BCUT2D eigenvalue weighted by atomic mass is 28.4. The van der Waals surface area contributed by atoms with Crippen LogP contribution in [0.15, 0.2) is 0 Å². The van der Waals surface area contributed by atoms with Gasteiger partial charge in [-0.1, -0.05) is 54.6 Å². The molecule has 1 aliphatic rings. The summed E-state index contributed by atoms with van der Waals surface area (Å²) in [6, 6.07) is 0. The zero-order valence-electron chi connectivity index (χ0n) is 18.8. The van der Waals surface area contributed by atoms with Gasteiger partial charge in [-0.15, -0.1) is 0 Å². The highest BCUT2D eigenvalue weighted by Crippen LogP contribution is 2.47. The lowest BCUT2D eigenvalue weighted by molar-refractivity contribution is -0.193. The first kappa shape index (κ1) is 23.4. The minimum absolute atomic E-state index is 0.0183. The molecule has 3 atom stereocenters. The molecule has 1 rings (SSSR count). The second kappa shape index (κ2) is 7.06. The van der Waals surface area contributed by atoms with Gasteiger partial charge < -0.3 is 13.7 Å². The van der Waals surface area contributed by atoms with Crippen molar-refractivity contribution in [3.8, 4) is 0 Å². The standard InChI is InChI=1S/C19H39NO4Si2/c1-13(24-26(11,12)19(6,7)8)15-16(22)20(17(15)23-14(2)21)25(9,10)18(3,4)5/h13,15,17H,1-12H3/t13?,15-,17+/m0/s1. The third-order valence-corrected chi connectivity index (χ3v) is 16.5. The van der Waals surface area contributed by atoms with Crippen LogP contribution < -0.4 is 0 Å². The van der Waals surface area contributed by atoms with Gasteiger partial charge in [0.1, 0.15) is 5.92 Å². The number of carbonyl (C=O) groups excluding carboxylic acids is 2. The van der Waals surface area contributed by atoms with Crippen LogP contribution in [0.2, 0.25) is 36.3 Å². The maximum Gasteiger partial charge on any atom is 0.304 e. The van der Waals surface area contributed by atoms with Crippen LogP contribution >= 0.6 is 0 Å². The number of esters is 1. The fraction of sp³-hybridized carbons (Fsp3) is 0.895. The molecule has 7 heteroatoms. The minimum Gasteiger partial charge on any atom is -0.441 e. The Bertz CT molecular complexity index is 561. The van der Waals surface area contributed by atoms with Crippen molar-refractivity contribution in [3.05, 3.63) is 0 Å². The van der Waals surface area contributed by atoms with Crippen LogP contribution in [-0.2, 0) is 18.8 Å². The zero-order chi connectivity index (χ0) is 20.9. The van der Waals surface area contributed by atoms with E-state index in [0.29, 0.717) is 0 Å². The first-order valence-electron chi connectivity index (χ1n) is 9.53. The topological polar surface area (TPSA) is 55.8 Å². The monoisotopic (exact) mass is 401 g/mol. The fourth-order valence-corrected chi connectivity index (χ4v) is 6.59. The van der Waals surface area contributed by atoms with Gasteiger partial charge in [-0.25, -0.2) is 0 Å². The highest BCUT2D eigenvalue weighted by molar-refractivity contribution is 6.80. The molecule has 0 aromatic rings. The van der Waals surface area contributed by atoms with Gasteiger partial charge in [-0.2, -0.15) is 0 Å². The Morgan fingerprint density at radius 1 is 1.04 bits per heavy atom. The molecule has 0 radical (unpaired) electrons. The van der Waals surface area contributed by atoms with E-state index in [4.69, 9.17) is 9.16 Å². The first-order chi connectivity index (χ1) is 11.3. The van der Waals surface area contributed by atoms with E-state index in [0.717, 1.165) is 0 Å². The molecular weight excluding hydrogens is 362 g/mol. The van der Waals surface area contributed by atoms with E-state index < -0.39 is 28.7 Å². The second-order valence-electron chi connectivity index (χ2n) is 10.6. The molecule has 26 heavy (non-hydrogen) atoms. The Labute approximate surface area is 162 Å². The van der Waals surface area contributed by atoms with Crippen molar-refractivity contribution in [3.63, 3.8) is 0 Å². The number of amides is 1. The molecule has 0 N–H and O–H groups in total. The molecule has 1 unspecified atom stereocenters. The van der Waals surface area contributed by atoms with E-state index in [-0.39, 0.29) is 28.1 Å². The van der Waals surface area contributed by atoms with Crippen molar-refractivity contribution < 1.29 is 18.8 Å². The second-order valence-corrected chi connectivity index (χ2v) is 20.5. The van der Waals surface area contributed by atoms with E-state index in [9.17, 15) is 9.59 Å². The SMILES string of the molecule is CC(=O)O[C@@H]1[C@@H](C(C)O[Si](C)(C)C(C)(C)C)C(=O)N1[Si](C)(C)C(C)(C)C. The molecule has 1 amide bonds. The molecular formula is C19H39NO4Si2. The minimum atomic E-state index is -2.14. The van der Waals surface area contributed by atoms with Crippen LogP contribution in [0.1, 0.15) is 55.4 Å². The maximum absolute atomic E-state index is 13.1. The van der Waals surface area contributed by atoms with E-state index in [1.807, 2.05) is 11.5 Å². The summed E-state index contributed by atoms with van der Waals surface area (Å²) in [4.78, 5) is 24.8. The first-order valence-corrected chi connectivity index (χ1v) is 15.4. The van der Waals surface area contributed by atoms with Crippen LogP contribution in [0.3, 0.4) is 0 Å². The van der Waals surface area contributed by atoms with E-state index in [1.54, 1.807) is 0 Å². The van der Waals surface area contributed by atoms with Gasteiger partial charge in [0.15, 0.2) is 22.8 Å². The molecule has 0 spiro atoms. The predicted octanol–water partition coefficient (Wildman–Crippen LogP) is 4.75. The van der Waals surface area contributed by atoms with E-state index in [1.165, 1.54) is 6.92 Å². The molecule has 0 bridgehead atoms. The van der Waals surface area contributed by atoms with Gasteiger partial charge in [0.05, 0.1) is 6.10 Å². The average Bonchev–Trinajstić information content (AvgIpc) is 2.33. The summed E-state index contributed by atoms with van der Waals surface area (Å²) < 4.78 is 13.9. The summed E-state index contributed by atoms with van der Waals surface area (Å²) in [5.74, 6) is -0.702. The largest absolute Gasteiger partial charge is 0.441 e. The van der Waals surface area contributed by atoms with Crippen molar-refractivity contribution >= 4 is 28.4 Å². The maximum atomic E-state index is 13.1. The van der Waals surface area contributed by atoms with Crippen molar-refractivity contribution in [2.75, 3.05) is 0 Å². The number of rotatable bonds is 5. The van der Waals surface area contributed by atoms with Crippen LogP contribution in [0.25, 0.3) is 0 Å². The zero-order valence-corrected chi connectivity index (χ0v) is 20.8. The Morgan fingerprint density at radius 2 is 1.50 bits per heavy atom. The third kappa shape index (κ3) is 4.25.